The van der Waals surface area contributed by atoms with Gasteiger partial charge < -0.3 is 9.30 Å². The predicted octanol–water partition coefficient (Wildman–Crippen LogP) is 3.28. The van der Waals surface area contributed by atoms with Crippen LogP contribution in [0.2, 0.25) is 0 Å². The molecule has 3 aliphatic rings. The molecule has 4 heterocycles. The van der Waals surface area contributed by atoms with Crippen LogP contribution in [0.25, 0.3) is 11.0 Å². The van der Waals surface area contributed by atoms with Crippen LogP contribution >= 0.6 is 0 Å². The molecule has 5 rings (SSSR count). The summed E-state index contributed by atoms with van der Waals surface area (Å²) in [6.07, 6.45) is 5.33. The lowest BCUT2D eigenvalue weighted by molar-refractivity contribution is -0.130. The third kappa shape index (κ3) is 6.11. The quantitative estimate of drug-likeness (QED) is 0.558. The van der Waals surface area contributed by atoms with E-state index in [2.05, 4.69) is 30.8 Å². The van der Waals surface area contributed by atoms with Gasteiger partial charge in [-0.2, -0.15) is 12.7 Å². The first-order valence-electron chi connectivity index (χ1n) is 14.4. The van der Waals surface area contributed by atoms with Gasteiger partial charge in [-0.1, -0.05) is 20.8 Å². The highest BCUT2D eigenvalue weighted by Gasteiger charge is 2.35. The number of benzene rings is 1. The molecule has 10 nitrogen and oxygen atoms in total. The van der Waals surface area contributed by atoms with Crippen molar-refractivity contribution in [1.82, 2.24) is 24.3 Å². The molecule has 1 aromatic carbocycles. The number of carbonyl (C=O) groups excluding carboxylic acids is 1. The number of ether oxygens (including phenoxy) is 1. The van der Waals surface area contributed by atoms with Crippen molar-refractivity contribution in [2.75, 3.05) is 50.7 Å². The second-order valence-electron chi connectivity index (χ2n) is 12.3. The van der Waals surface area contributed by atoms with Gasteiger partial charge in [0.15, 0.2) is 0 Å². The molecule has 0 aliphatic carbocycles. The maximum Gasteiger partial charge on any atom is 0.303 e. The van der Waals surface area contributed by atoms with E-state index in [-0.39, 0.29) is 17.2 Å². The van der Waals surface area contributed by atoms with Crippen LogP contribution in [0.4, 0.5) is 5.69 Å². The first-order valence-corrected chi connectivity index (χ1v) is 15.8. The molecule has 216 valence electrons. The molecule has 1 N–H and O–H groups in total. The molecular weight excluding hydrogens is 516 g/mol. The number of piperidine rings is 1. The normalized spacial score (nSPS) is 21.0. The van der Waals surface area contributed by atoms with Crippen molar-refractivity contribution >= 4 is 32.8 Å². The number of fused-ring (bicyclic) bond motifs is 1. The molecule has 0 bridgehead atoms. The molecule has 11 heteroatoms. The first kappa shape index (κ1) is 28.3. The number of hydrazine groups is 1. The Kier molecular flexibility index (Phi) is 8.24. The number of amides is 1. The Morgan fingerprint density at radius 3 is 2.38 bits per heavy atom. The highest BCUT2D eigenvalue weighted by Crippen LogP contribution is 2.32. The summed E-state index contributed by atoms with van der Waals surface area (Å²) in [5.41, 5.74) is 5.30. The van der Waals surface area contributed by atoms with Crippen molar-refractivity contribution in [3.63, 3.8) is 0 Å². The van der Waals surface area contributed by atoms with Gasteiger partial charge in [0.25, 0.3) is 0 Å². The molecule has 0 radical (unpaired) electrons. The molecule has 3 saturated heterocycles. The zero-order chi connectivity index (χ0) is 27.8. The van der Waals surface area contributed by atoms with E-state index < -0.39 is 10.2 Å². The van der Waals surface area contributed by atoms with Gasteiger partial charge in [0.2, 0.25) is 5.91 Å². The first-order chi connectivity index (χ1) is 18.5. The number of nitrogens with zero attached hydrogens (tertiary/aromatic N) is 5. The number of hydrogen-bond acceptors (Lipinski definition) is 6. The average molecular weight is 561 g/mol. The van der Waals surface area contributed by atoms with Crippen molar-refractivity contribution in [3.8, 4) is 0 Å². The second-order valence-corrected chi connectivity index (χ2v) is 14.3. The number of anilines is 1. The molecule has 2 aromatic rings. The van der Waals surface area contributed by atoms with Crippen LogP contribution in [0.15, 0.2) is 18.2 Å². The summed E-state index contributed by atoms with van der Waals surface area (Å²) in [5, 5.41) is 1.98. The Balaban J connectivity index is 1.30. The van der Waals surface area contributed by atoms with Crippen LogP contribution in [0, 0.1) is 11.8 Å². The van der Waals surface area contributed by atoms with Crippen molar-refractivity contribution < 1.29 is 17.9 Å². The van der Waals surface area contributed by atoms with Gasteiger partial charge in [-0.25, -0.2) is 9.99 Å². The lowest BCUT2D eigenvalue weighted by atomic mass is 9.94. The van der Waals surface area contributed by atoms with Gasteiger partial charge in [-0.15, -0.1) is 0 Å². The van der Waals surface area contributed by atoms with Crippen molar-refractivity contribution in [1.29, 1.82) is 0 Å². The van der Waals surface area contributed by atoms with Crippen LogP contribution in [-0.2, 0) is 31.7 Å². The summed E-state index contributed by atoms with van der Waals surface area (Å²) in [7, 11) is -2.13. The predicted molar refractivity (Wildman–Crippen MR) is 153 cm³/mol. The standard InChI is InChI=1S/C28H44N6O4S/c1-28(2,3)27-29-24-19-23(7-8-25(24)34(27)20-21-11-17-38-18-12-21)31(4)39(36,37)33-15-9-22(10-16-33)26(35)30-32-13-5-6-14-32/h7-8,19,21-22H,5-6,9-18,20H2,1-4H3,(H,30,35). The van der Waals surface area contributed by atoms with Crippen LogP contribution in [0.5, 0.6) is 0 Å². The fourth-order valence-corrected chi connectivity index (χ4v) is 7.39. The van der Waals surface area contributed by atoms with Crippen molar-refractivity contribution in [3.05, 3.63) is 24.0 Å². The largest absolute Gasteiger partial charge is 0.381 e. The number of hydrogen-bond donors (Lipinski definition) is 1. The number of aromatic nitrogens is 2. The van der Waals surface area contributed by atoms with E-state index in [9.17, 15) is 13.2 Å². The minimum atomic E-state index is -3.73. The summed E-state index contributed by atoms with van der Waals surface area (Å²) in [6.45, 7) is 11.4. The van der Waals surface area contributed by atoms with Crippen molar-refractivity contribution in [2.45, 2.75) is 71.3 Å². The topological polar surface area (TPSA) is 100 Å². The van der Waals surface area contributed by atoms with Gasteiger partial charge in [-0.05, 0) is 62.6 Å². The summed E-state index contributed by atoms with van der Waals surface area (Å²) < 4.78 is 37.9. The van der Waals surface area contributed by atoms with E-state index in [1.807, 2.05) is 23.2 Å². The zero-order valence-electron chi connectivity index (χ0n) is 23.9. The van der Waals surface area contributed by atoms with E-state index in [0.717, 1.165) is 75.4 Å². The monoisotopic (exact) mass is 560 g/mol. The SMILES string of the molecule is CN(c1ccc2c(c1)nc(C(C)(C)C)n2CC1CCOCC1)S(=O)(=O)N1CCC(C(=O)NN2CCCC2)CC1. The second kappa shape index (κ2) is 11.3. The van der Waals surface area contributed by atoms with Gasteiger partial charge in [0, 0.05) is 64.3 Å². The van der Waals surface area contributed by atoms with Crippen LogP contribution in [-0.4, -0.2) is 79.6 Å². The Labute approximate surface area is 232 Å². The van der Waals surface area contributed by atoms with E-state index in [1.54, 1.807) is 7.05 Å². The summed E-state index contributed by atoms with van der Waals surface area (Å²) in [6, 6.07) is 5.77. The molecule has 39 heavy (non-hydrogen) atoms. The molecule has 0 atom stereocenters. The van der Waals surface area contributed by atoms with E-state index in [0.29, 0.717) is 37.5 Å². The van der Waals surface area contributed by atoms with Gasteiger partial charge in [0.05, 0.1) is 16.7 Å². The number of nitrogens with one attached hydrogen (secondary N) is 1. The molecular formula is C28H44N6O4S. The Morgan fingerprint density at radius 2 is 1.74 bits per heavy atom. The molecule has 0 unspecified atom stereocenters. The van der Waals surface area contributed by atoms with Crippen molar-refractivity contribution in [2.24, 2.45) is 11.8 Å². The summed E-state index contributed by atoms with van der Waals surface area (Å²) in [5.74, 6) is 1.41. The van der Waals surface area contributed by atoms with E-state index >= 15 is 0 Å². The average Bonchev–Trinajstić information content (AvgIpc) is 3.56. The van der Waals surface area contributed by atoms with Gasteiger partial charge in [0.1, 0.15) is 5.82 Å². The highest BCUT2D eigenvalue weighted by molar-refractivity contribution is 7.90. The van der Waals surface area contributed by atoms with Gasteiger partial charge >= 0.3 is 10.2 Å². The lowest BCUT2D eigenvalue weighted by Crippen LogP contribution is -2.49. The molecule has 3 fully saturated rings. The summed E-state index contributed by atoms with van der Waals surface area (Å²) >= 11 is 0. The maximum absolute atomic E-state index is 13.6. The minimum Gasteiger partial charge on any atom is -0.381 e. The van der Waals surface area contributed by atoms with E-state index in [1.165, 1.54) is 8.61 Å². The minimum absolute atomic E-state index is 0.0127. The Bertz CT molecular complexity index is 1270. The third-order valence-corrected chi connectivity index (χ3v) is 10.3. The van der Waals surface area contributed by atoms with Gasteiger partial charge in [-0.3, -0.25) is 14.5 Å². The lowest BCUT2D eigenvalue weighted by Gasteiger charge is -2.34. The Morgan fingerprint density at radius 1 is 1.08 bits per heavy atom. The maximum atomic E-state index is 13.6. The Hall–Kier alpha value is -2.21. The fraction of sp³-hybridized carbons (Fsp3) is 0.714. The van der Waals surface area contributed by atoms with Crippen LogP contribution < -0.4 is 9.73 Å². The molecule has 1 amide bonds. The number of carbonyl (C=O) groups is 1. The zero-order valence-corrected chi connectivity index (χ0v) is 24.7. The smallest absolute Gasteiger partial charge is 0.303 e. The number of imidazole rings is 1. The summed E-state index contributed by atoms with van der Waals surface area (Å²) in [4.78, 5) is 17.7. The van der Waals surface area contributed by atoms with Crippen LogP contribution in [0.3, 0.4) is 0 Å². The van der Waals surface area contributed by atoms with Crippen LogP contribution in [0.1, 0.15) is 65.1 Å². The number of rotatable bonds is 7. The fourth-order valence-electron chi connectivity index (χ4n) is 5.99. The highest BCUT2D eigenvalue weighted by atomic mass is 32.2. The molecule has 1 aromatic heterocycles. The molecule has 3 aliphatic heterocycles. The van der Waals surface area contributed by atoms with E-state index in [4.69, 9.17) is 9.72 Å². The molecule has 0 spiro atoms. The molecule has 0 saturated carbocycles. The third-order valence-electron chi connectivity index (χ3n) is 8.42.